The Morgan fingerprint density at radius 3 is 2.42 bits per heavy atom. The lowest BCUT2D eigenvalue weighted by molar-refractivity contribution is -0.388. The van der Waals surface area contributed by atoms with Gasteiger partial charge in [0.1, 0.15) is 5.56 Å². The van der Waals surface area contributed by atoms with Crippen LogP contribution in [0.2, 0.25) is 0 Å². The van der Waals surface area contributed by atoms with Gasteiger partial charge >= 0.3 is 12.1 Å². The molecule has 0 spiro atoms. The van der Waals surface area contributed by atoms with Gasteiger partial charge in [-0.3, -0.25) is 20.8 Å². The highest BCUT2D eigenvalue weighted by atomic mass is 19.4. The molecule has 104 valence electrons. The molecule has 10 heteroatoms. The number of halogens is 3. The van der Waals surface area contributed by atoms with Gasteiger partial charge in [0, 0.05) is 6.07 Å². The van der Waals surface area contributed by atoms with Crippen LogP contribution >= 0.6 is 0 Å². The predicted molar refractivity (Wildman–Crippen MR) is 54.8 cm³/mol. The Labute approximate surface area is 103 Å². The van der Waals surface area contributed by atoms with Crippen LogP contribution in [-0.4, -0.2) is 23.2 Å². The van der Waals surface area contributed by atoms with Crippen LogP contribution in [-0.2, 0) is 10.9 Å². The van der Waals surface area contributed by atoms with Gasteiger partial charge in [-0.05, 0) is 6.07 Å². The van der Waals surface area contributed by atoms with Crippen LogP contribution in [0.5, 0.6) is 0 Å². The summed E-state index contributed by atoms with van der Waals surface area (Å²) in [6.45, 7) is 0. The molecule has 0 saturated heterocycles. The number of alkyl halides is 3. The SMILES string of the molecule is COC(=O)c1cc([N+](=O)[O-])c(C(F)(F)F)cc1NO. The number of ether oxygens (including phenoxy) is 1. The fourth-order valence-corrected chi connectivity index (χ4v) is 1.34. The number of methoxy groups -OCH3 is 1. The normalized spacial score (nSPS) is 11.0. The molecule has 0 bridgehead atoms. The van der Waals surface area contributed by atoms with E-state index in [0.29, 0.717) is 6.07 Å². The van der Waals surface area contributed by atoms with Crippen LogP contribution in [0.15, 0.2) is 12.1 Å². The maximum atomic E-state index is 12.6. The Hall–Kier alpha value is -2.36. The van der Waals surface area contributed by atoms with Crippen LogP contribution < -0.4 is 5.48 Å². The van der Waals surface area contributed by atoms with Crippen molar-refractivity contribution < 1.29 is 32.8 Å². The molecule has 0 aliphatic carbocycles. The molecule has 0 aliphatic heterocycles. The lowest BCUT2D eigenvalue weighted by atomic mass is 10.1. The van der Waals surface area contributed by atoms with Gasteiger partial charge in [-0.2, -0.15) is 13.2 Å². The number of nitro benzene ring substituents is 1. The average molecular weight is 280 g/mol. The van der Waals surface area contributed by atoms with E-state index in [1.807, 2.05) is 0 Å². The zero-order valence-corrected chi connectivity index (χ0v) is 9.32. The first-order chi connectivity index (χ1) is 8.72. The van der Waals surface area contributed by atoms with E-state index in [1.54, 1.807) is 0 Å². The van der Waals surface area contributed by atoms with E-state index >= 15 is 0 Å². The second-order valence-electron chi connectivity index (χ2n) is 3.27. The minimum Gasteiger partial charge on any atom is -0.465 e. The Balaban J connectivity index is 3.60. The number of nitrogens with one attached hydrogen (secondary N) is 1. The van der Waals surface area contributed by atoms with Crippen LogP contribution in [0, 0.1) is 10.1 Å². The highest BCUT2D eigenvalue weighted by molar-refractivity contribution is 5.96. The molecular weight excluding hydrogens is 273 g/mol. The largest absolute Gasteiger partial charge is 0.465 e. The Bertz CT molecular complexity index is 529. The summed E-state index contributed by atoms with van der Waals surface area (Å²) >= 11 is 0. The molecule has 0 atom stereocenters. The van der Waals surface area contributed by atoms with Crippen molar-refractivity contribution in [3.63, 3.8) is 0 Å². The van der Waals surface area contributed by atoms with E-state index in [0.717, 1.165) is 7.11 Å². The molecule has 0 aromatic heterocycles. The van der Waals surface area contributed by atoms with Crippen LogP contribution in [0.25, 0.3) is 0 Å². The molecule has 0 amide bonds. The summed E-state index contributed by atoms with van der Waals surface area (Å²) in [5, 5.41) is 19.3. The molecule has 0 radical (unpaired) electrons. The molecule has 0 aliphatic rings. The van der Waals surface area contributed by atoms with Gasteiger partial charge in [-0.15, -0.1) is 0 Å². The zero-order valence-electron chi connectivity index (χ0n) is 9.32. The number of rotatable bonds is 3. The molecule has 1 aromatic carbocycles. The predicted octanol–water partition coefficient (Wildman–Crippen LogP) is 2.20. The lowest BCUT2D eigenvalue weighted by Crippen LogP contribution is -2.13. The minimum absolute atomic E-state index is 0.254. The first-order valence-corrected chi connectivity index (χ1v) is 4.60. The van der Waals surface area contributed by atoms with Crippen molar-refractivity contribution >= 4 is 17.3 Å². The van der Waals surface area contributed by atoms with Crippen molar-refractivity contribution in [3.8, 4) is 0 Å². The summed E-state index contributed by atoms with van der Waals surface area (Å²) in [7, 11) is 0.937. The maximum absolute atomic E-state index is 12.6. The Kier molecular flexibility index (Phi) is 3.95. The van der Waals surface area contributed by atoms with E-state index in [4.69, 9.17) is 5.21 Å². The lowest BCUT2D eigenvalue weighted by Gasteiger charge is -2.12. The third-order valence-electron chi connectivity index (χ3n) is 2.16. The molecular formula is C9H7F3N2O5. The Morgan fingerprint density at radius 2 is 2.05 bits per heavy atom. The van der Waals surface area contributed by atoms with E-state index in [1.165, 1.54) is 5.48 Å². The molecule has 1 aromatic rings. The van der Waals surface area contributed by atoms with Crippen molar-refractivity contribution in [1.82, 2.24) is 0 Å². The highest BCUT2D eigenvalue weighted by Gasteiger charge is 2.40. The smallest absolute Gasteiger partial charge is 0.423 e. The van der Waals surface area contributed by atoms with Gasteiger partial charge in [0.25, 0.3) is 5.69 Å². The number of nitrogens with zero attached hydrogens (tertiary/aromatic N) is 1. The number of carbonyl (C=O) groups is 1. The van der Waals surface area contributed by atoms with E-state index < -0.39 is 39.6 Å². The summed E-state index contributed by atoms with van der Waals surface area (Å²) in [5.74, 6) is -1.13. The standard InChI is InChI=1S/C9H7F3N2O5/c1-19-8(15)4-2-7(14(17)18)5(9(10,11)12)3-6(4)13-16/h2-3,13,16H,1H3. The molecule has 1 rings (SSSR count). The molecule has 0 unspecified atom stereocenters. The number of nitro groups is 1. The van der Waals surface area contributed by atoms with Crippen molar-refractivity contribution in [2.75, 3.05) is 12.6 Å². The van der Waals surface area contributed by atoms with Crippen LogP contribution in [0.1, 0.15) is 15.9 Å². The third kappa shape index (κ3) is 2.91. The van der Waals surface area contributed by atoms with Crippen LogP contribution in [0.4, 0.5) is 24.5 Å². The van der Waals surface area contributed by atoms with Gasteiger partial charge in [0.2, 0.25) is 0 Å². The van der Waals surface area contributed by atoms with Gasteiger partial charge in [0.05, 0.1) is 23.3 Å². The summed E-state index contributed by atoms with van der Waals surface area (Å²) in [6, 6.07) is 0.637. The van der Waals surface area contributed by atoms with Gasteiger partial charge < -0.3 is 4.74 Å². The fraction of sp³-hybridized carbons (Fsp3) is 0.222. The van der Waals surface area contributed by atoms with E-state index in [2.05, 4.69) is 4.74 Å². The quantitative estimate of drug-likeness (QED) is 0.500. The number of carbonyl (C=O) groups excluding carboxylic acids is 1. The second-order valence-corrected chi connectivity index (χ2v) is 3.27. The molecule has 0 fully saturated rings. The first kappa shape index (κ1) is 14.7. The average Bonchev–Trinajstić information content (AvgIpc) is 2.34. The first-order valence-electron chi connectivity index (χ1n) is 4.60. The number of benzene rings is 1. The molecule has 19 heavy (non-hydrogen) atoms. The van der Waals surface area contributed by atoms with Crippen molar-refractivity contribution in [2.45, 2.75) is 6.18 Å². The third-order valence-corrected chi connectivity index (χ3v) is 2.16. The second kappa shape index (κ2) is 5.10. The molecule has 0 heterocycles. The zero-order chi connectivity index (χ0) is 14.8. The van der Waals surface area contributed by atoms with E-state index in [-0.39, 0.29) is 6.07 Å². The highest BCUT2D eigenvalue weighted by Crippen LogP contribution is 2.39. The Morgan fingerprint density at radius 1 is 1.47 bits per heavy atom. The topological polar surface area (TPSA) is 102 Å². The fourth-order valence-electron chi connectivity index (χ4n) is 1.34. The van der Waals surface area contributed by atoms with Crippen molar-refractivity contribution in [3.05, 3.63) is 33.4 Å². The molecule has 2 N–H and O–H groups in total. The number of anilines is 1. The molecule has 7 nitrogen and oxygen atoms in total. The summed E-state index contributed by atoms with van der Waals surface area (Å²) in [5.41, 5.74) is -2.78. The van der Waals surface area contributed by atoms with Crippen molar-refractivity contribution in [1.29, 1.82) is 0 Å². The van der Waals surface area contributed by atoms with Crippen molar-refractivity contribution in [2.24, 2.45) is 0 Å². The number of hydrogen-bond acceptors (Lipinski definition) is 6. The van der Waals surface area contributed by atoms with E-state index in [9.17, 15) is 28.1 Å². The minimum atomic E-state index is -5.01. The maximum Gasteiger partial charge on any atom is 0.423 e. The monoisotopic (exact) mass is 280 g/mol. The number of esters is 1. The van der Waals surface area contributed by atoms with Gasteiger partial charge in [-0.1, -0.05) is 0 Å². The van der Waals surface area contributed by atoms with Gasteiger partial charge in [-0.25, -0.2) is 4.79 Å². The van der Waals surface area contributed by atoms with Crippen LogP contribution in [0.3, 0.4) is 0 Å². The summed E-state index contributed by atoms with van der Waals surface area (Å²) in [6.07, 6.45) is -5.01. The number of hydrogen-bond donors (Lipinski definition) is 2. The summed E-state index contributed by atoms with van der Waals surface area (Å²) in [4.78, 5) is 20.6. The summed E-state index contributed by atoms with van der Waals surface area (Å²) < 4.78 is 42.1. The van der Waals surface area contributed by atoms with Gasteiger partial charge in [0.15, 0.2) is 0 Å². The molecule has 0 saturated carbocycles.